The minimum atomic E-state index is -0.500. The van der Waals surface area contributed by atoms with E-state index in [4.69, 9.17) is 4.74 Å². The molecule has 1 aliphatic rings. The van der Waals surface area contributed by atoms with Crippen molar-refractivity contribution in [2.45, 2.75) is 44.3 Å². The van der Waals surface area contributed by atoms with Crippen molar-refractivity contribution in [3.8, 4) is 0 Å². The van der Waals surface area contributed by atoms with Gasteiger partial charge in [0.05, 0.1) is 5.60 Å². The summed E-state index contributed by atoms with van der Waals surface area (Å²) in [6.45, 7) is 2.05. The lowest BCUT2D eigenvalue weighted by molar-refractivity contribution is -0.100. The van der Waals surface area contributed by atoms with Gasteiger partial charge in [0.2, 0.25) is 0 Å². The van der Waals surface area contributed by atoms with Crippen molar-refractivity contribution in [2.75, 3.05) is 7.11 Å². The third-order valence-corrected chi connectivity index (χ3v) is 3.71. The molecule has 2 nitrogen and oxygen atoms in total. The highest BCUT2D eigenvalue weighted by atomic mass is 16.5. The highest BCUT2D eigenvalue weighted by molar-refractivity contribution is 5.26. The summed E-state index contributed by atoms with van der Waals surface area (Å²) in [7, 11) is 1.71. The van der Waals surface area contributed by atoms with Crippen LogP contribution in [0.15, 0.2) is 24.3 Å². The summed E-state index contributed by atoms with van der Waals surface area (Å²) in [6, 6.07) is 8.07. The van der Waals surface area contributed by atoms with Crippen LogP contribution in [0.5, 0.6) is 0 Å². The van der Waals surface area contributed by atoms with Crippen molar-refractivity contribution < 1.29 is 9.84 Å². The van der Waals surface area contributed by atoms with E-state index in [-0.39, 0.29) is 5.60 Å². The minimum Gasteiger partial charge on any atom is -0.385 e. The number of aliphatic hydroxyl groups is 1. The summed E-state index contributed by atoms with van der Waals surface area (Å²) in [4.78, 5) is 0. The van der Waals surface area contributed by atoms with Gasteiger partial charge in [0, 0.05) is 7.11 Å². The number of hydrogen-bond acceptors (Lipinski definition) is 2. The Balaban J connectivity index is 2.26. The van der Waals surface area contributed by atoms with Gasteiger partial charge in [-0.3, -0.25) is 0 Å². The van der Waals surface area contributed by atoms with E-state index in [0.717, 1.165) is 31.2 Å². The Morgan fingerprint density at radius 3 is 2.56 bits per heavy atom. The maximum absolute atomic E-state index is 10.5. The highest BCUT2D eigenvalue weighted by Gasteiger charge is 2.41. The third kappa shape index (κ3) is 2.00. The van der Waals surface area contributed by atoms with Crippen LogP contribution in [-0.4, -0.2) is 17.8 Å². The van der Waals surface area contributed by atoms with E-state index in [9.17, 15) is 5.11 Å². The molecule has 1 aromatic rings. The van der Waals surface area contributed by atoms with Gasteiger partial charge >= 0.3 is 0 Å². The summed E-state index contributed by atoms with van der Waals surface area (Å²) in [5, 5.41) is 10.5. The van der Waals surface area contributed by atoms with Crippen molar-refractivity contribution in [3.05, 3.63) is 35.4 Å². The fourth-order valence-electron chi connectivity index (χ4n) is 2.71. The fraction of sp³-hybridized carbons (Fsp3) is 0.571. The van der Waals surface area contributed by atoms with Gasteiger partial charge in [-0.1, -0.05) is 42.7 Å². The Morgan fingerprint density at radius 1 is 1.31 bits per heavy atom. The Kier molecular flexibility index (Phi) is 3.31. The standard InChI is InChI=1S/C14H20O2/c1-11-6-5-7-12(10-11)13(15)14(16-2)8-3-4-9-14/h5-7,10,13,15H,3-4,8-9H2,1-2H3. The Bertz CT molecular complexity index is 354. The van der Waals surface area contributed by atoms with Crippen LogP contribution in [0.25, 0.3) is 0 Å². The van der Waals surface area contributed by atoms with Gasteiger partial charge < -0.3 is 9.84 Å². The molecule has 1 unspecified atom stereocenters. The van der Waals surface area contributed by atoms with Crippen LogP contribution in [-0.2, 0) is 4.74 Å². The van der Waals surface area contributed by atoms with E-state index in [1.54, 1.807) is 7.11 Å². The van der Waals surface area contributed by atoms with Gasteiger partial charge in [0.1, 0.15) is 6.10 Å². The van der Waals surface area contributed by atoms with Crippen molar-refractivity contribution in [3.63, 3.8) is 0 Å². The van der Waals surface area contributed by atoms with Crippen molar-refractivity contribution >= 4 is 0 Å². The molecule has 1 aromatic carbocycles. The Morgan fingerprint density at radius 2 is 2.00 bits per heavy atom. The van der Waals surface area contributed by atoms with E-state index >= 15 is 0 Å². The summed E-state index contributed by atoms with van der Waals surface area (Å²) < 4.78 is 5.60. The molecule has 0 spiro atoms. The molecule has 0 aromatic heterocycles. The van der Waals surface area contributed by atoms with E-state index in [1.807, 2.05) is 31.2 Å². The molecule has 1 atom stereocenters. The van der Waals surface area contributed by atoms with Crippen LogP contribution >= 0.6 is 0 Å². The predicted molar refractivity (Wildman–Crippen MR) is 64.3 cm³/mol. The van der Waals surface area contributed by atoms with Gasteiger partial charge in [-0.2, -0.15) is 0 Å². The molecule has 16 heavy (non-hydrogen) atoms. The van der Waals surface area contributed by atoms with E-state index in [0.29, 0.717) is 0 Å². The number of hydrogen-bond donors (Lipinski definition) is 1. The third-order valence-electron chi connectivity index (χ3n) is 3.71. The number of aryl methyl sites for hydroxylation is 1. The molecule has 2 rings (SSSR count). The molecule has 88 valence electrons. The highest BCUT2D eigenvalue weighted by Crippen LogP contribution is 2.42. The summed E-state index contributed by atoms with van der Waals surface area (Å²) in [5.41, 5.74) is 1.80. The first-order valence-electron chi connectivity index (χ1n) is 5.98. The van der Waals surface area contributed by atoms with Crippen molar-refractivity contribution in [1.82, 2.24) is 0 Å². The van der Waals surface area contributed by atoms with E-state index in [1.165, 1.54) is 5.56 Å². The average Bonchev–Trinajstić information content (AvgIpc) is 2.78. The summed E-state index contributed by atoms with van der Waals surface area (Å²) >= 11 is 0. The van der Waals surface area contributed by atoms with Gasteiger partial charge in [-0.25, -0.2) is 0 Å². The normalized spacial score (nSPS) is 20.9. The molecular formula is C14H20O2. The maximum Gasteiger partial charge on any atom is 0.108 e. The molecule has 0 amide bonds. The quantitative estimate of drug-likeness (QED) is 0.848. The molecular weight excluding hydrogens is 200 g/mol. The second-order valence-electron chi connectivity index (χ2n) is 4.79. The molecule has 0 heterocycles. The molecule has 0 radical (unpaired) electrons. The van der Waals surface area contributed by atoms with Crippen LogP contribution < -0.4 is 0 Å². The summed E-state index contributed by atoms with van der Waals surface area (Å²) in [5.74, 6) is 0. The molecule has 0 aliphatic heterocycles. The summed E-state index contributed by atoms with van der Waals surface area (Å²) in [6.07, 6.45) is 3.71. The lowest BCUT2D eigenvalue weighted by Gasteiger charge is -2.33. The molecule has 1 aliphatic carbocycles. The zero-order valence-electron chi connectivity index (χ0n) is 10.1. The number of ether oxygens (including phenoxy) is 1. The topological polar surface area (TPSA) is 29.5 Å². The molecule has 1 fully saturated rings. The maximum atomic E-state index is 10.5. The van der Waals surface area contributed by atoms with Gasteiger partial charge in [0.25, 0.3) is 0 Å². The Hall–Kier alpha value is -0.860. The van der Waals surface area contributed by atoms with Gasteiger partial charge in [0.15, 0.2) is 0 Å². The van der Waals surface area contributed by atoms with Crippen LogP contribution in [0.4, 0.5) is 0 Å². The second kappa shape index (κ2) is 4.56. The molecule has 1 N–H and O–H groups in total. The monoisotopic (exact) mass is 220 g/mol. The fourth-order valence-corrected chi connectivity index (χ4v) is 2.71. The number of benzene rings is 1. The minimum absolute atomic E-state index is 0.353. The zero-order chi connectivity index (χ0) is 11.6. The molecule has 2 heteroatoms. The first kappa shape index (κ1) is 11.6. The predicted octanol–water partition coefficient (Wildman–Crippen LogP) is 2.99. The van der Waals surface area contributed by atoms with Crippen LogP contribution in [0, 0.1) is 6.92 Å². The Labute approximate surface area is 97.3 Å². The van der Waals surface area contributed by atoms with E-state index in [2.05, 4.69) is 0 Å². The van der Waals surface area contributed by atoms with Crippen LogP contribution in [0.3, 0.4) is 0 Å². The van der Waals surface area contributed by atoms with Crippen LogP contribution in [0.1, 0.15) is 42.9 Å². The van der Waals surface area contributed by atoms with Crippen LogP contribution in [0.2, 0.25) is 0 Å². The molecule has 1 saturated carbocycles. The average molecular weight is 220 g/mol. The molecule has 0 saturated heterocycles. The first-order valence-corrected chi connectivity index (χ1v) is 5.98. The molecule has 0 bridgehead atoms. The number of aliphatic hydroxyl groups excluding tert-OH is 1. The van der Waals surface area contributed by atoms with E-state index < -0.39 is 6.10 Å². The number of methoxy groups -OCH3 is 1. The SMILES string of the molecule is COC1(C(O)c2cccc(C)c2)CCCC1. The largest absolute Gasteiger partial charge is 0.385 e. The lowest BCUT2D eigenvalue weighted by atomic mass is 9.89. The van der Waals surface area contributed by atoms with Crippen molar-refractivity contribution in [2.24, 2.45) is 0 Å². The number of rotatable bonds is 3. The van der Waals surface area contributed by atoms with Gasteiger partial charge in [-0.15, -0.1) is 0 Å². The second-order valence-corrected chi connectivity index (χ2v) is 4.79. The van der Waals surface area contributed by atoms with Crippen molar-refractivity contribution in [1.29, 1.82) is 0 Å². The smallest absolute Gasteiger partial charge is 0.108 e. The zero-order valence-corrected chi connectivity index (χ0v) is 10.1. The lowest BCUT2D eigenvalue weighted by Crippen LogP contribution is -2.35. The van der Waals surface area contributed by atoms with Gasteiger partial charge in [-0.05, 0) is 25.3 Å². The first-order chi connectivity index (χ1) is 7.68.